The average molecular weight is 627 g/mol. The van der Waals surface area contributed by atoms with Gasteiger partial charge in [-0.2, -0.15) is 0 Å². The molecular formula is C30H42F4N6O4. The van der Waals surface area contributed by atoms with E-state index in [0.717, 1.165) is 11.6 Å². The van der Waals surface area contributed by atoms with Crippen molar-refractivity contribution in [3.05, 3.63) is 117 Å². The molecule has 0 aliphatic heterocycles. The molecule has 0 aliphatic rings. The number of hydrogen-bond acceptors (Lipinski definition) is 5. The number of nitrogens with zero attached hydrogens (tertiary/aromatic N) is 6. The minimum Gasteiger partial charge on any atom is -0.479 e. The van der Waals surface area contributed by atoms with Gasteiger partial charge in [0.05, 0.1) is 26.3 Å². The van der Waals surface area contributed by atoms with Crippen molar-refractivity contribution in [3.8, 4) is 0 Å². The Bertz CT molecular complexity index is 1200. The van der Waals surface area contributed by atoms with Gasteiger partial charge in [0.2, 0.25) is 6.10 Å². The van der Waals surface area contributed by atoms with Gasteiger partial charge < -0.3 is 14.6 Å². The molecule has 0 aromatic heterocycles. The molecule has 0 fully saturated rings. The van der Waals surface area contributed by atoms with E-state index in [1.165, 1.54) is 5.57 Å². The summed E-state index contributed by atoms with van der Waals surface area (Å²) in [5.74, 6) is -8.84. The molecule has 0 heterocycles. The van der Waals surface area contributed by atoms with Crippen LogP contribution in [-0.4, -0.2) is 48.2 Å². The van der Waals surface area contributed by atoms with Crippen molar-refractivity contribution in [1.82, 2.24) is 0 Å². The van der Waals surface area contributed by atoms with Crippen molar-refractivity contribution in [2.75, 3.05) is 13.1 Å². The van der Waals surface area contributed by atoms with Crippen LogP contribution in [0.2, 0.25) is 0 Å². The summed E-state index contributed by atoms with van der Waals surface area (Å²) in [6.45, 7) is 7.06. The van der Waals surface area contributed by atoms with Gasteiger partial charge in [0.15, 0.2) is 0 Å². The van der Waals surface area contributed by atoms with Crippen LogP contribution in [-0.2, 0) is 27.5 Å². The first kappa shape index (κ1) is 44.1. The highest BCUT2D eigenvalue weighted by Crippen LogP contribution is 2.25. The number of hydrogen-bond donors (Lipinski definition) is 1. The maximum absolute atomic E-state index is 13.5. The van der Waals surface area contributed by atoms with Crippen LogP contribution in [0.1, 0.15) is 46.8 Å². The molecule has 0 aliphatic carbocycles. The zero-order valence-corrected chi connectivity index (χ0v) is 23.5. The Morgan fingerprint density at radius 1 is 0.886 bits per heavy atom. The Labute approximate surface area is 256 Å². The molecule has 0 spiro atoms. The van der Waals surface area contributed by atoms with E-state index in [2.05, 4.69) is 46.6 Å². The molecule has 0 unspecified atom stereocenters. The largest absolute Gasteiger partial charge is 0.479 e. The van der Waals surface area contributed by atoms with Crippen molar-refractivity contribution in [2.24, 2.45) is 10.2 Å². The van der Waals surface area contributed by atoms with E-state index in [1.54, 1.807) is 54.6 Å². The Hall–Kier alpha value is -4.35. The molecule has 2 atom stereocenters. The van der Waals surface area contributed by atoms with Crippen molar-refractivity contribution in [3.63, 3.8) is 0 Å². The van der Waals surface area contributed by atoms with E-state index >= 15 is 0 Å². The van der Waals surface area contributed by atoms with E-state index in [9.17, 15) is 22.4 Å². The molecule has 0 bridgehead atoms. The third kappa shape index (κ3) is 19.0. The third-order valence-corrected chi connectivity index (χ3v) is 5.04. The standard InChI is InChI=1S/C12H13F2N3O.C11H11F2N3O3.C5H10.2CH4/c1-2-11(12(13,14)9-16-17-15)18-8-10-6-4-3-5-7-10;12-11(13,7-15-16-14)9(10(17)18)19-6-8-4-2-1-3-5-8;1-4-5(2)3;;/h2-7,11H,1,8-9H2;1-5,9H,6-7H2,(H,17,18);4H,1-3H3;2*1H4/t11-;9-;;;/m11.../s1. The SMILES string of the molecule is C.C.C=C[C@@H](OCc1ccccc1)C(F)(F)CN=[N+]=[N-].CC=C(C)C.[N-]=[N+]=NCC(F)(F)[C@H](OCc1ccccc1)C(=O)O. The highest BCUT2D eigenvalue weighted by Gasteiger charge is 2.45. The summed E-state index contributed by atoms with van der Waals surface area (Å²) in [6, 6.07) is 17.3. The summed E-state index contributed by atoms with van der Waals surface area (Å²) in [5.41, 5.74) is 18.8. The number of carbonyl (C=O) groups is 1. The molecular weight excluding hydrogens is 584 g/mol. The molecule has 2 aromatic rings. The van der Waals surface area contributed by atoms with Gasteiger partial charge in [-0.1, -0.05) is 103 Å². The third-order valence-electron chi connectivity index (χ3n) is 5.04. The monoisotopic (exact) mass is 626 g/mol. The van der Waals surface area contributed by atoms with Gasteiger partial charge in [-0.25, -0.2) is 22.4 Å². The van der Waals surface area contributed by atoms with Crippen LogP contribution in [0, 0.1) is 0 Å². The van der Waals surface area contributed by atoms with E-state index in [4.69, 9.17) is 25.6 Å². The predicted molar refractivity (Wildman–Crippen MR) is 164 cm³/mol. The summed E-state index contributed by atoms with van der Waals surface area (Å²) >= 11 is 0. The summed E-state index contributed by atoms with van der Waals surface area (Å²) < 4.78 is 63.8. The van der Waals surface area contributed by atoms with Crippen LogP contribution in [0.5, 0.6) is 0 Å². The van der Waals surface area contributed by atoms with Crippen LogP contribution in [0.15, 0.2) is 95.2 Å². The maximum Gasteiger partial charge on any atom is 0.339 e. The molecule has 0 radical (unpaired) electrons. The van der Waals surface area contributed by atoms with E-state index in [-0.39, 0.29) is 28.1 Å². The van der Waals surface area contributed by atoms with E-state index in [1.807, 2.05) is 13.0 Å². The minimum absolute atomic E-state index is 0. The molecule has 0 amide bonds. The van der Waals surface area contributed by atoms with Crippen molar-refractivity contribution < 1.29 is 36.9 Å². The molecule has 14 heteroatoms. The second-order valence-corrected chi connectivity index (χ2v) is 8.63. The number of azide groups is 2. The lowest BCUT2D eigenvalue weighted by molar-refractivity contribution is -0.180. The molecule has 0 saturated carbocycles. The Morgan fingerprint density at radius 2 is 1.27 bits per heavy atom. The van der Waals surface area contributed by atoms with Crippen LogP contribution in [0.4, 0.5) is 17.6 Å². The number of carboxylic acid groups (broad SMARTS) is 1. The molecule has 1 N–H and O–H groups in total. The number of alkyl halides is 4. The van der Waals surface area contributed by atoms with Gasteiger partial charge in [0.1, 0.15) is 6.10 Å². The number of halogens is 4. The lowest BCUT2D eigenvalue weighted by Crippen LogP contribution is -2.44. The fraction of sp³-hybridized carbons (Fsp3) is 0.433. The molecule has 2 aromatic carbocycles. The molecule has 0 saturated heterocycles. The molecule has 44 heavy (non-hydrogen) atoms. The second-order valence-electron chi connectivity index (χ2n) is 8.63. The fourth-order valence-electron chi connectivity index (χ4n) is 2.67. The normalized spacial score (nSPS) is 11.3. The zero-order chi connectivity index (χ0) is 32.0. The smallest absolute Gasteiger partial charge is 0.339 e. The van der Waals surface area contributed by atoms with Crippen molar-refractivity contribution in [1.29, 1.82) is 0 Å². The Morgan fingerprint density at radius 3 is 1.61 bits per heavy atom. The topological polar surface area (TPSA) is 153 Å². The van der Waals surface area contributed by atoms with Gasteiger partial charge in [-0.05, 0) is 43.0 Å². The Balaban J connectivity index is -0.000000637. The minimum atomic E-state index is -3.77. The maximum atomic E-state index is 13.5. The van der Waals surface area contributed by atoms with Crippen LogP contribution < -0.4 is 0 Å². The lowest BCUT2D eigenvalue weighted by Gasteiger charge is -2.22. The number of benzene rings is 2. The van der Waals surface area contributed by atoms with Crippen LogP contribution in [0.3, 0.4) is 0 Å². The highest BCUT2D eigenvalue weighted by molar-refractivity contribution is 5.73. The van der Waals surface area contributed by atoms with E-state index < -0.39 is 43.1 Å². The molecule has 10 nitrogen and oxygen atoms in total. The predicted octanol–water partition coefficient (Wildman–Crippen LogP) is 9.55. The highest BCUT2D eigenvalue weighted by atomic mass is 19.3. The first-order valence-electron chi connectivity index (χ1n) is 12.4. The van der Waals surface area contributed by atoms with Crippen molar-refractivity contribution in [2.45, 2.75) is 72.9 Å². The van der Waals surface area contributed by atoms with Gasteiger partial charge >= 0.3 is 5.97 Å². The quantitative estimate of drug-likeness (QED) is 0.0729. The summed E-state index contributed by atoms with van der Waals surface area (Å²) in [5, 5.41) is 14.3. The first-order chi connectivity index (χ1) is 19.8. The van der Waals surface area contributed by atoms with Crippen LogP contribution in [0.25, 0.3) is 20.9 Å². The number of carboxylic acids is 1. The zero-order valence-electron chi connectivity index (χ0n) is 23.5. The summed E-state index contributed by atoms with van der Waals surface area (Å²) in [6.07, 6.45) is -0.753. The molecule has 2 rings (SSSR count). The van der Waals surface area contributed by atoms with E-state index in [0.29, 0.717) is 5.56 Å². The van der Waals surface area contributed by atoms with Crippen molar-refractivity contribution >= 4 is 5.97 Å². The van der Waals surface area contributed by atoms with Gasteiger partial charge in [0.25, 0.3) is 11.8 Å². The lowest BCUT2D eigenvalue weighted by atomic mass is 10.2. The first-order valence-corrected chi connectivity index (χ1v) is 12.4. The fourth-order valence-corrected chi connectivity index (χ4v) is 2.67. The second kappa shape index (κ2) is 24.1. The van der Waals surface area contributed by atoms with Gasteiger partial charge in [-0.15, -0.1) is 6.58 Å². The number of ether oxygens (including phenoxy) is 2. The summed E-state index contributed by atoms with van der Waals surface area (Å²) in [7, 11) is 0. The summed E-state index contributed by atoms with van der Waals surface area (Å²) in [4.78, 5) is 15.3. The number of allylic oxidation sites excluding steroid dienone is 2. The van der Waals surface area contributed by atoms with Crippen LogP contribution >= 0.6 is 0 Å². The number of aliphatic carboxylic acids is 1. The van der Waals surface area contributed by atoms with Gasteiger partial charge in [0, 0.05) is 9.82 Å². The average Bonchev–Trinajstić information content (AvgIpc) is 2.97. The number of rotatable bonds is 14. The van der Waals surface area contributed by atoms with Gasteiger partial charge in [-0.3, -0.25) is 0 Å². The molecule has 244 valence electrons. The Kier molecular flexibility index (Phi) is 24.2.